The van der Waals surface area contributed by atoms with Gasteiger partial charge in [-0.2, -0.15) is 5.10 Å². The highest BCUT2D eigenvalue weighted by Crippen LogP contribution is 2.26. The van der Waals surface area contributed by atoms with Gasteiger partial charge >= 0.3 is 0 Å². The predicted octanol–water partition coefficient (Wildman–Crippen LogP) is 3.15. The second kappa shape index (κ2) is 7.40. The summed E-state index contributed by atoms with van der Waals surface area (Å²) < 4.78 is 1.88. The van der Waals surface area contributed by atoms with Gasteiger partial charge in [0.05, 0.1) is 23.1 Å². The Balaban J connectivity index is 1.94. The number of aromatic nitrogens is 2. The number of likely N-dealkylation sites (tertiary alicyclic amines) is 1. The molecule has 134 valence electrons. The molecule has 1 unspecified atom stereocenters. The van der Waals surface area contributed by atoms with Gasteiger partial charge in [-0.15, -0.1) is 0 Å². The summed E-state index contributed by atoms with van der Waals surface area (Å²) in [5.74, 6) is 0.397. The third kappa shape index (κ3) is 3.61. The monoisotopic (exact) mass is 341 g/mol. The van der Waals surface area contributed by atoms with Gasteiger partial charge in [0.15, 0.2) is 0 Å². The van der Waals surface area contributed by atoms with E-state index in [1.165, 1.54) is 5.56 Å². The molecule has 2 aromatic rings. The van der Waals surface area contributed by atoms with Crippen LogP contribution in [0.2, 0.25) is 0 Å². The van der Waals surface area contributed by atoms with E-state index < -0.39 is 0 Å². The van der Waals surface area contributed by atoms with E-state index in [4.69, 9.17) is 0 Å². The second-order valence-electron chi connectivity index (χ2n) is 7.29. The van der Waals surface area contributed by atoms with E-state index >= 15 is 0 Å². The lowest BCUT2D eigenvalue weighted by Crippen LogP contribution is -2.41. The Hall–Kier alpha value is -2.14. The molecular weight excluding hydrogens is 314 g/mol. The summed E-state index contributed by atoms with van der Waals surface area (Å²) in [4.78, 5) is 14.9. The maximum atomic E-state index is 13.1. The van der Waals surface area contributed by atoms with Gasteiger partial charge in [-0.25, -0.2) is 4.68 Å². The number of aliphatic hydroxyl groups excluding tert-OH is 1. The summed E-state index contributed by atoms with van der Waals surface area (Å²) in [5.41, 5.74) is 3.79. The summed E-state index contributed by atoms with van der Waals surface area (Å²) in [5, 5.41) is 13.9. The number of hydrogen-bond donors (Lipinski definition) is 1. The van der Waals surface area contributed by atoms with Crippen molar-refractivity contribution in [2.24, 2.45) is 5.92 Å². The molecule has 3 rings (SSSR count). The smallest absolute Gasteiger partial charge is 0.257 e. The summed E-state index contributed by atoms with van der Waals surface area (Å²) >= 11 is 0. The fourth-order valence-corrected chi connectivity index (χ4v) is 3.54. The maximum Gasteiger partial charge on any atom is 0.257 e. The van der Waals surface area contributed by atoms with Crippen molar-refractivity contribution >= 4 is 5.91 Å². The standard InChI is InChI=1S/C20H27N3O2/c1-14(2)19-18(20(25)22-10-4-5-16(12-22)13-24)11-21-23(19)17-8-6-15(3)7-9-17/h6-9,11,14,16,24H,4-5,10,12-13H2,1-3H3. The van der Waals surface area contributed by atoms with Crippen LogP contribution in [0, 0.1) is 12.8 Å². The minimum atomic E-state index is 0.0280. The highest BCUT2D eigenvalue weighted by Gasteiger charge is 2.28. The van der Waals surface area contributed by atoms with Crippen LogP contribution < -0.4 is 0 Å². The van der Waals surface area contributed by atoms with Crippen LogP contribution in [0.5, 0.6) is 0 Å². The lowest BCUT2D eigenvalue weighted by molar-refractivity contribution is 0.0619. The molecule has 1 aliphatic rings. The molecule has 0 saturated carbocycles. The Morgan fingerprint density at radius 1 is 1.32 bits per heavy atom. The molecular formula is C20H27N3O2. The first kappa shape index (κ1) is 17.7. The lowest BCUT2D eigenvalue weighted by Gasteiger charge is -2.32. The van der Waals surface area contributed by atoms with Crippen molar-refractivity contribution < 1.29 is 9.90 Å². The maximum absolute atomic E-state index is 13.1. The molecule has 2 heterocycles. The highest BCUT2D eigenvalue weighted by atomic mass is 16.3. The Morgan fingerprint density at radius 3 is 2.68 bits per heavy atom. The van der Waals surface area contributed by atoms with Gasteiger partial charge < -0.3 is 10.0 Å². The fraction of sp³-hybridized carbons (Fsp3) is 0.500. The number of hydrogen-bond acceptors (Lipinski definition) is 3. The average Bonchev–Trinajstić information content (AvgIpc) is 3.07. The molecule has 1 aromatic heterocycles. The Kier molecular flexibility index (Phi) is 5.23. The van der Waals surface area contributed by atoms with Gasteiger partial charge in [0, 0.05) is 19.7 Å². The molecule has 0 aliphatic carbocycles. The zero-order valence-corrected chi connectivity index (χ0v) is 15.3. The third-order valence-electron chi connectivity index (χ3n) is 4.93. The molecule has 1 aliphatic heterocycles. The van der Waals surface area contributed by atoms with Crippen LogP contribution in [-0.2, 0) is 0 Å². The number of aryl methyl sites for hydroxylation is 1. The van der Waals surface area contributed by atoms with E-state index in [0.717, 1.165) is 30.8 Å². The van der Waals surface area contributed by atoms with Crippen molar-refractivity contribution in [1.29, 1.82) is 0 Å². The van der Waals surface area contributed by atoms with Crippen LogP contribution in [0.1, 0.15) is 54.2 Å². The van der Waals surface area contributed by atoms with Gasteiger partial charge in [0.1, 0.15) is 0 Å². The van der Waals surface area contributed by atoms with Gasteiger partial charge in [-0.1, -0.05) is 31.5 Å². The Bertz CT molecular complexity index is 734. The van der Waals surface area contributed by atoms with E-state index in [2.05, 4.69) is 38.0 Å². The number of carbonyl (C=O) groups is 1. The topological polar surface area (TPSA) is 58.4 Å². The van der Waals surface area contributed by atoms with Gasteiger partial charge in [-0.05, 0) is 43.7 Å². The molecule has 0 spiro atoms. The van der Waals surface area contributed by atoms with E-state index in [9.17, 15) is 9.90 Å². The van der Waals surface area contributed by atoms with E-state index in [1.54, 1.807) is 6.20 Å². The molecule has 25 heavy (non-hydrogen) atoms. The first-order valence-electron chi connectivity index (χ1n) is 9.06. The molecule has 0 radical (unpaired) electrons. The van der Waals surface area contributed by atoms with Crippen molar-refractivity contribution in [1.82, 2.24) is 14.7 Å². The first-order chi connectivity index (χ1) is 12.0. The van der Waals surface area contributed by atoms with Crippen LogP contribution in [0.15, 0.2) is 30.5 Å². The lowest BCUT2D eigenvalue weighted by atomic mass is 9.97. The summed E-state index contributed by atoms with van der Waals surface area (Å²) in [7, 11) is 0. The number of benzene rings is 1. The Morgan fingerprint density at radius 2 is 2.04 bits per heavy atom. The SMILES string of the molecule is Cc1ccc(-n2ncc(C(=O)N3CCCC(CO)C3)c2C(C)C)cc1. The highest BCUT2D eigenvalue weighted by molar-refractivity contribution is 5.95. The predicted molar refractivity (Wildman–Crippen MR) is 98.1 cm³/mol. The Labute approximate surface area is 149 Å². The summed E-state index contributed by atoms with van der Waals surface area (Å²) in [6.45, 7) is 7.75. The normalized spacial score (nSPS) is 18.0. The average molecular weight is 341 g/mol. The molecule has 1 fully saturated rings. The number of nitrogens with zero attached hydrogens (tertiary/aromatic N) is 3. The van der Waals surface area contributed by atoms with Crippen LogP contribution in [0.25, 0.3) is 5.69 Å². The van der Waals surface area contributed by atoms with Gasteiger partial charge in [-0.3, -0.25) is 4.79 Å². The zero-order chi connectivity index (χ0) is 18.0. The number of piperidine rings is 1. The molecule has 1 aromatic carbocycles. The van der Waals surface area contributed by atoms with E-state index in [1.807, 2.05) is 21.7 Å². The number of aliphatic hydroxyl groups is 1. The summed E-state index contributed by atoms with van der Waals surface area (Å²) in [6.07, 6.45) is 3.63. The van der Waals surface area contributed by atoms with Crippen molar-refractivity contribution in [3.8, 4) is 5.69 Å². The quantitative estimate of drug-likeness (QED) is 0.929. The van der Waals surface area contributed by atoms with Crippen LogP contribution in [-0.4, -0.2) is 45.4 Å². The number of amides is 1. The molecule has 1 N–H and O–H groups in total. The van der Waals surface area contributed by atoms with Crippen LogP contribution in [0.4, 0.5) is 0 Å². The van der Waals surface area contributed by atoms with Crippen molar-refractivity contribution in [2.75, 3.05) is 19.7 Å². The minimum absolute atomic E-state index is 0.0280. The first-order valence-corrected chi connectivity index (χ1v) is 9.06. The zero-order valence-electron chi connectivity index (χ0n) is 15.3. The van der Waals surface area contributed by atoms with Crippen LogP contribution >= 0.6 is 0 Å². The van der Waals surface area contributed by atoms with E-state index in [-0.39, 0.29) is 24.3 Å². The van der Waals surface area contributed by atoms with Gasteiger partial charge in [0.2, 0.25) is 0 Å². The number of rotatable bonds is 4. The molecule has 1 atom stereocenters. The van der Waals surface area contributed by atoms with E-state index in [0.29, 0.717) is 12.1 Å². The summed E-state index contributed by atoms with van der Waals surface area (Å²) in [6, 6.07) is 8.18. The third-order valence-corrected chi connectivity index (χ3v) is 4.93. The van der Waals surface area contributed by atoms with Crippen molar-refractivity contribution in [3.05, 3.63) is 47.3 Å². The minimum Gasteiger partial charge on any atom is -0.396 e. The molecule has 1 amide bonds. The van der Waals surface area contributed by atoms with Crippen LogP contribution in [0.3, 0.4) is 0 Å². The number of carbonyl (C=O) groups excluding carboxylic acids is 1. The molecule has 0 bridgehead atoms. The molecule has 5 nitrogen and oxygen atoms in total. The second-order valence-corrected chi connectivity index (χ2v) is 7.29. The molecule has 1 saturated heterocycles. The molecule has 5 heteroatoms. The van der Waals surface area contributed by atoms with Crippen molar-refractivity contribution in [3.63, 3.8) is 0 Å². The largest absolute Gasteiger partial charge is 0.396 e. The van der Waals surface area contributed by atoms with Gasteiger partial charge in [0.25, 0.3) is 5.91 Å². The van der Waals surface area contributed by atoms with Crippen molar-refractivity contribution in [2.45, 2.75) is 39.5 Å². The fourth-order valence-electron chi connectivity index (χ4n) is 3.54.